The highest BCUT2D eigenvalue weighted by atomic mass is 35.5. The molecule has 11 heteroatoms. The van der Waals surface area contributed by atoms with Crippen LogP contribution in [-0.2, 0) is 11.4 Å². The van der Waals surface area contributed by atoms with Gasteiger partial charge in [-0.25, -0.2) is 4.99 Å². The smallest absolute Gasteiger partial charge is 0.271 e. The molecule has 0 fully saturated rings. The number of ether oxygens (including phenoxy) is 3. The Balaban J connectivity index is 1.46. The minimum absolute atomic E-state index is 0.189. The average molecular weight is 687 g/mol. The third-order valence-electron chi connectivity index (χ3n) is 7.59. The number of nitrogens with one attached hydrogen (secondary N) is 1. The summed E-state index contributed by atoms with van der Waals surface area (Å²) >= 11 is 13.5. The van der Waals surface area contributed by atoms with Gasteiger partial charge >= 0.3 is 0 Å². The van der Waals surface area contributed by atoms with Gasteiger partial charge in [-0.3, -0.25) is 14.2 Å². The van der Waals surface area contributed by atoms with Crippen LogP contribution in [0.2, 0.25) is 10.0 Å². The van der Waals surface area contributed by atoms with Crippen molar-refractivity contribution >= 4 is 52.2 Å². The predicted octanol–water partition coefficient (Wildman–Crippen LogP) is 6.78. The van der Waals surface area contributed by atoms with Gasteiger partial charge in [-0.2, -0.15) is 0 Å². The van der Waals surface area contributed by atoms with Crippen LogP contribution in [0.3, 0.4) is 0 Å². The molecule has 0 unspecified atom stereocenters. The zero-order valence-electron chi connectivity index (χ0n) is 25.6. The van der Waals surface area contributed by atoms with Crippen molar-refractivity contribution in [2.45, 2.75) is 19.6 Å². The number of anilines is 1. The van der Waals surface area contributed by atoms with Crippen molar-refractivity contribution in [2.75, 3.05) is 19.5 Å². The molecule has 6 rings (SSSR count). The summed E-state index contributed by atoms with van der Waals surface area (Å²) in [6.07, 6.45) is 1.75. The van der Waals surface area contributed by atoms with Crippen LogP contribution in [0, 0.1) is 0 Å². The van der Waals surface area contributed by atoms with Crippen molar-refractivity contribution in [3.05, 3.63) is 149 Å². The predicted molar refractivity (Wildman–Crippen MR) is 186 cm³/mol. The molecule has 1 aliphatic heterocycles. The number of hydrogen-bond donors (Lipinski definition) is 1. The highest BCUT2D eigenvalue weighted by molar-refractivity contribution is 7.07. The fraction of sp³-hybridized carbons (Fsp3) is 0.139. The summed E-state index contributed by atoms with van der Waals surface area (Å²) in [5.41, 5.74) is 3.33. The van der Waals surface area contributed by atoms with Crippen LogP contribution < -0.4 is 34.4 Å². The number of allylic oxidation sites excluding steroid dienone is 1. The van der Waals surface area contributed by atoms with Gasteiger partial charge in [0.05, 0.1) is 46.1 Å². The second kappa shape index (κ2) is 13.9. The number of carbonyl (C=O) groups is 1. The minimum atomic E-state index is -0.761. The Morgan fingerprint density at radius 2 is 1.74 bits per heavy atom. The third kappa shape index (κ3) is 6.69. The Hall–Kier alpha value is -4.83. The topological polar surface area (TPSA) is 91.2 Å². The molecule has 0 saturated heterocycles. The molecule has 47 heavy (non-hydrogen) atoms. The molecule has 0 spiro atoms. The van der Waals surface area contributed by atoms with Crippen LogP contribution in [0.1, 0.15) is 29.7 Å². The molecule has 0 radical (unpaired) electrons. The van der Waals surface area contributed by atoms with E-state index in [9.17, 15) is 9.59 Å². The van der Waals surface area contributed by atoms with Crippen LogP contribution in [-0.4, -0.2) is 24.7 Å². The summed E-state index contributed by atoms with van der Waals surface area (Å²) in [6.45, 7) is 1.97. The third-order valence-corrected chi connectivity index (χ3v) is 9.31. The molecule has 1 amide bonds. The number of para-hydroxylation sites is 2. The zero-order valence-corrected chi connectivity index (χ0v) is 28.0. The lowest BCUT2D eigenvalue weighted by atomic mass is 9.95. The number of methoxy groups -OCH3 is 2. The summed E-state index contributed by atoms with van der Waals surface area (Å²) in [7, 11) is 3.13. The Morgan fingerprint density at radius 1 is 0.957 bits per heavy atom. The number of nitrogens with zero attached hydrogens (tertiary/aromatic N) is 2. The number of hydrogen-bond acceptors (Lipinski definition) is 7. The lowest BCUT2D eigenvalue weighted by Crippen LogP contribution is -2.40. The van der Waals surface area contributed by atoms with Crippen molar-refractivity contribution < 1.29 is 19.0 Å². The second-order valence-corrected chi connectivity index (χ2v) is 12.4. The Bertz CT molecular complexity index is 2190. The number of thiazole rings is 1. The molecule has 1 atom stereocenters. The first-order chi connectivity index (χ1) is 22.8. The van der Waals surface area contributed by atoms with E-state index in [1.54, 1.807) is 62.1 Å². The van der Waals surface area contributed by atoms with E-state index in [2.05, 4.69) is 5.32 Å². The molecule has 4 aromatic carbocycles. The van der Waals surface area contributed by atoms with E-state index in [0.717, 1.165) is 5.56 Å². The summed E-state index contributed by atoms with van der Waals surface area (Å²) in [5, 5.41) is 3.84. The van der Waals surface area contributed by atoms with Crippen molar-refractivity contribution in [1.29, 1.82) is 0 Å². The molecular formula is C36H29Cl2N3O5S. The van der Waals surface area contributed by atoms with Gasteiger partial charge in [0.2, 0.25) is 0 Å². The molecule has 2 heterocycles. The van der Waals surface area contributed by atoms with Gasteiger partial charge in [-0.05, 0) is 66.6 Å². The van der Waals surface area contributed by atoms with Crippen molar-refractivity contribution in [1.82, 2.24) is 4.57 Å². The second-order valence-electron chi connectivity index (χ2n) is 10.6. The molecule has 8 nitrogen and oxygen atoms in total. The largest absolute Gasteiger partial charge is 0.497 e. The van der Waals surface area contributed by atoms with E-state index >= 15 is 0 Å². The summed E-state index contributed by atoms with van der Waals surface area (Å²) in [5.74, 6) is 1.19. The molecule has 0 aliphatic carbocycles. The molecular weight excluding hydrogens is 657 g/mol. The fourth-order valence-corrected chi connectivity index (χ4v) is 6.70. The van der Waals surface area contributed by atoms with E-state index in [1.807, 2.05) is 60.7 Å². The van der Waals surface area contributed by atoms with Gasteiger partial charge < -0.3 is 19.5 Å². The van der Waals surface area contributed by atoms with Gasteiger partial charge in [-0.1, -0.05) is 83.1 Å². The van der Waals surface area contributed by atoms with E-state index < -0.39 is 6.04 Å². The Morgan fingerprint density at radius 3 is 2.49 bits per heavy atom. The van der Waals surface area contributed by atoms with E-state index in [0.29, 0.717) is 64.7 Å². The number of fused-ring (bicyclic) bond motifs is 1. The number of carbonyl (C=O) groups excluding carboxylic acids is 1. The first-order valence-corrected chi connectivity index (χ1v) is 16.1. The number of rotatable bonds is 9. The zero-order chi connectivity index (χ0) is 33.1. The highest BCUT2D eigenvalue weighted by Crippen LogP contribution is 2.34. The van der Waals surface area contributed by atoms with E-state index in [4.69, 9.17) is 42.4 Å². The summed E-state index contributed by atoms with van der Waals surface area (Å²) in [6, 6.07) is 26.5. The normalized spacial score (nSPS) is 14.3. The quantitative estimate of drug-likeness (QED) is 0.185. The molecule has 238 valence electrons. The lowest BCUT2D eigenvalue weighted by Gasteiger charge is -2.25. The standard InChI is InChI=1S/C36H29Cl2N3O5S/c1-21-31(34(42)40-25-11-5-4-6-12-25)32(23-9-7-13-26(18-23)44-2)41-35(43)30(47-36(41)39-21)19-24-10-8-14-29(45-3)33(24)46-20-22-15-16-27(37)28(38)17-22/h4-19,32H,20H2,1-3H3,(H,40,42)/b30-19-/t32-/m0/s1. The molecule has 1 aliphatic rings. The maximum Gasteiger partial charge on any atom is 0.271 e. The van der Waals surface area contributed by atoms with Crippen LogP contribution in [0.15, 0.2) is 112 Å². The molecule has 0 saturated carbocycles. The van der Waals surface area contributed by atoms with Gasteiger partial charge in [0, 0.05) is 11.3 Å². The molecule has 5 aromatic rings. The monoisotopic (exact) mass is 685 g/mol. The Kier molecular flexibility index (Phi) is 9.49. The van der Waals surface area contributed by atoms with Crippen molar-refractivity contribution in [3.63, 3.8) is 0 Å². The van der Waals surface area contributed by atoms with Gasteiger partial charge in [-0.15, -0.1) is 0 Å². The highest BCUT2D eigenvalue weighted by Gasteiger charge is 2.33. The maximum atomic E-state index is 14.3. The van der Waals surface area contributed by atoms with Crippen LogP contribution >= 0.6 is 34.5 Å². The number of halogens is 2. The van der Waals surface area contributed by atoms with Gasteiger partial charge in [0.1, 0.15) is 12.4 Å². The maximum absolute atomic E-state index is 14.3. The fourth-order valence-electron chi connectivity index (χ4n) is 5.35. The molecule has 0 bridgehead atoms. The first kappa shape index (κ1) is 32.1. The van der Waals surface area contributed by atoms with E-state index in [1.165, 1.54) is 11.3 Å². The van der Waals surface area contributed by atoms with Gasteiger partial charge in [0.25, 0.3) is 11.5 Å². The van der Waals surface area contributed by atoms with Gasteiger partial charge in [0.15, 0.2) is 16.3 Å². The van der Waals surface area contributed by atoms with Crippen molar-refractivity contribution in [2.24, 2.45) is 4.99 Å². The average Bonchev–Trinajstić information content (AvgIpc) is 3.38. The number of aromatic nitrogens is 1. The Labute approximate surface area is 284 Å². The summed E-state index contributed by atoms with van der Waals surface area (Å²) < 4.78 is 19.3. The minimum Gasteiger partial charge on any atom is -0.497 e. The first-order valence-electron chi connectivity index (χ1n) is 14.5. The summed E-state index contributed by atoms with van der Waals surface area (Å²) in [4.78, 5) is 33.4. The van der Waals surface area contributed by atoms with Crippen LogP contribution in [0.25, 0.3) is 6.08 Å². The number of amides is 1. The van der Waals surface area contributed by atoms with Crippen LogP contribution in [0.4, 0.5) is 5.69 Å². The SMILES string of the molecule is COc1cccc([C@H]2C(C(=O)Nc3ccccc3)=C(C)N=c3s/c(=C\c4cccc(OC)c4OCc4ccc(Cl)c(Cl)c4)c(=O)n32)c1. The van der Waals surface area contributed by atoms with E-state index in [-0.39, 0.29) is 18.1 Å². The number of benzene rings is 4. The molecule has 1 N–H and O–H groups in total. The molecule has 1 aromatic heterocycles. The van der Waals surface area contributed by atoms with Crippen molar-refractivity contribution in [3.8, 4) is 17.2 Å². The lowest BCUT2D eigenvalue weighted by molar-refractivity contribution is -0.113. The van der Waals surface area contributed by atoms with Crippen LogP contribution in [0.5, 0.6) is 17.2 Å².